The number of carbonyl (C=O) groups excluding carboxylic acids is 2. The van der Waals surface area contributed by atoms with Gasteiger partial charge in [-0.15, -0.1) is 0 Å². The summed E-state index contributed by atoms with van der Waals surface area (Å²) >= 11 is 0. The van der Waals surface area contributed by atoms with Crippen LogP contribution in [0.2, 0.25) is 0 Å². The molecule has 0 bridgehead atoms. The Labute approximate surface area is 162 Å². The average Bonchev–Trinajstić information content (AvgIpc) is 2.68. The van der Waals surface area contributed by atoms with Crippen LogP contribution in [0.1, 0.15) is 26.3 Å². The first-order chi connectivity index (χ1) is 13.4. The van der Waals surface area contributed by atoms with E-state index in [2.05, 4.69) is 5.32 Å². The Morgan fingerprint density at radius 3 is 2.39 bits per heavy atom. The van der Waals surface area contributed by atoms with Crippen LogP contribution in [0.15, 0.2) is 72.8 Å². The Bertz CT molecular complexity index is 1000. The zero-order chi connectivity index (χ0) is 20.1. The molecule has 0 saturated heterocycles. The fourth-order valence-electron chi connectivity index (χ4n) is 2.76. The maximum atomic E-state index is 13.0. The number of hydrogen-bond acceptors (Lipinski definition) is 3. The molecule has 2 amide bonds. The molecule has 0 aliphatic rings. The number of phenols is 1. The SMILES string of the molecule is CN(Cc1cccc(O)c1)C(=O)c1cccc(NC(=O)c2ccc(F)cc2)c1. The number of anilines is 1. The molecule has 0 spiro atoms. The fourth-order valence-corrected chi connectivity index (χ4v) is 2.76. The summed E-state index contributed by atoms with van der Waals surface area (Å²) < 4.78 is 13.0. The van der Waals surface area contributed by atoms with Crippen molar-refractivity contribution in [3.63, 3.8) is 0 Å². The minimum Gasteiger partial charge on any atom is -0.508 e. The van der Waals surface area contributed by atoms with Gasteiger partial charge in [0.2, 0.25) is 0 Å². The molecule has 0 saturated carbocycles. The molecule has 6 heteroatoms. The summed E-state index contributed by atoms with van der Waals surface area (Å²) in [4.78, 5) is 26.5. The molecule has 0 heterocycles. The lowest BCUT2D eigenvalue weighted by Gasteiger charge is -2.18. The number of amides is 2. The highest BCUT2D eigenvalue weighted by Crippen LogP contribution is 2.17. The first-order valence-corrected chi connectivity index (χ1v) is 8.63. The van der Waals surface area contributed by atoms with Crippen molar-refractivity contribution in [2.75, 3.05) is 12.4 Å². The van der Waals surface area contributed by atoms with E-state index in [0.29, 0.717) is 23.4 Å². The third-order valence-electron chi connectivity index (χ3n) is 4.15. The zero-order valence-corrected chi connectivity index (χ0v) is 15.2. The smallest absolute Gasteiger partial charge is 0.255 e. The van der Waals surface area contributed by atoms with Crippen molar-refractivity contribution in [2.24, 2.45) is 0 Å². The summed E-state index contributed by atoms with van der Waals surface area (Å²) in [6, 6.07) is 18.5. The number of phenolic OH excluding ortho intramolecular Hbond substituents is 1. The summed E-state index contributed by atoms with van der Waals surface area (Å²) in [5.74, 6) is -0.887. The zero-order valence-electron chi connectivity index (χ0n) is 15.2. The second-order valence-corrected chi connectivity index (χ2v) is 6.37. The van der Waals surface area contributed by atoms with Gasteiger partial charge in [-0.1, -0.05) is 18.2 Å². The Kier molecular flexibility index (Phi) is 5.69. The third-order valence-corrected chi connectivity index (χ3v) is 4.15. The van der Waals surface area contributed by atoms with Gasteiger partial charge in [0.25, 0.3) is 11.8 Å². The summed E-state index contributed by atoms with van der Waals surface area (Å²) in [6.07, 6.45) is 0. The molecule has 5 nitrogen and oxygen atoms in total. The lowest BCUT2D eigenvalue weighted by Crippen LogP contribution is -2.26. The lowest BCUT2D eigenvalue weighted by atomic mass is 10.1. The van der Waals surface area contributed by atoms with Crippen LogP contribution < -0.4 is 5.32 Å². The highest BCUT2D eigenvalue weighted by molar-refractivity contribution is 6.05. The van der Waals surface area contributed by atoms with E-state index in [1.165, 1.54) is 29.2 Å². The van der Waals surface area contributed by atoms with Crippen molar-refractivity contribution in [2.45, 2.75) is 6.54 Å². The van der Waals surface area contributed by atoms with Gasteiger partial charge in [-0.05, 0) is 60.2 Å². The molecule has 28 heavy (non-hydrogen) atoms. The molecular weight excluding hydrogens is 359 g/mol. The molecule has 0 fully saturated rings. The molecule has 3 rings (SSSR count). The van der Waals surface area contributed by atoms with Crippen molar-refractivity contribution in [3.05, 3.63) is 95.3 Å². The summed E-state index contributed by atoms with van der Waals surface area (Å²) in [5.41, 5.74) is 2.00. The fraction of sp³-hybridized carbons (Fsp3) is 0.0909. The van der Waals surface area contributed by atoms with Gasteiger partial charge in [-0.25, -0.2) is 4.39 Å². The topological polar surface area (TPSA) is 69.6 Å². The van der Waals surface area contributed by atoms with Crippen LogP contribution in [0.5, 0.6) is 5.75 Å². The molecule has 0 atom stereocenters. The lowest BCUT2D eigenvalue weighted by molar-refractivity contribution is 0.0784. The third kappa shape index (κ3) is 4.73. The Morgan fingerprint density at radius 2 is 1.68 bits per heavy atom. The van der Waals surface area contributed by atoms with Gasteiger partial charge >= 0.3 is 0 Å². The summed E-state index contributed by atoms with van der Waals surface area (Å²) in [7, 11) is 1.66. The van der Waals surface area contributed by atoms with Gasteiger partial charge in [-0.2, -0.15) is 0 Å². The van der Waals surface area contributed by atoms with Crippen LogP contribution in [0.25, 0.3) is 0 Å². The Morgan fingerprint density at radius 1 is 0.964 bits per heavy atom. The van der Waals surface area contributed by atoms with Crippen molar-refractivity contribution in [1.29, 1.82) is 0 Å². The largest absolute Gasteiger partial charge is 0.508 e. The number of benzene rings is 3. The maximum Gasteiger partial charge on any atom is 0.255 e. The summed E-state index contributed by atoms with van der Waals surface area (Å²) in [5, 5.41) is 12.3. The second kappa shape index (κ2) is 8.35. The van der Waals surface area contributed by atoms with E-state index in [-0.39, 0.29) is 11.7 Å². The minimum atomic E-state index is -0.418. The normalized spacial score (nSPS) is 10.4. The molecule has 0 aliphatic heterocycles. The van der Waals surface area contributed by atoms with Crippen molar-refractivity contribution in [3.8, 4) is 5.75 Å². The predicted molar refractivity (Wildman–Crippen MR) is 105 cm³/mol. The van der Waals surface area contributed by atoms with Gasteiger partial charge in [0, 0.05) is 30.4 Å². The van der Waals surface area contributed by atoms with E-state index >= 15 is 0 Å². The number of halogens is 1. The number of carbonyl (C=O) groups is 2. The number of rotatable bonds is 5. The van der Waals surface area contributed by atoms with E-state index in [4.69, 9.17) is 0 Å². The monoisotopic (exact) mass is 378 g/mol. The van der Waals surface area contributed by atoms with Crippen LogP contribution in [0, 0.1) is 5.82 Å². The quantitative estimate of drug-likeness (QED) is 0.704. The van der Waals surface area contributed by atoms with E-state index in [1.54, 1.807) is 49.5 Å². The predicted octanol–water partition coefficient (Wildman–Crippen LogP) is 4.06. The number of nitrogens with zero attached hydrogens (tertiary/aromatic N) is 1. The van der Waals surface area contributed by atoms with Gasteiger partial charge in [0.1, 0.15) is 11.6 Å². The molecule has 0 aromatic heterocycles. The van der Waals surface area contributed by atoms with Crippen LogP contribution in [0.4, 0.5) is 10.1 Å². The van der Waals surface area contributed by atoms with Crippen LogP contribution in [-0.2, 0) is 6.54 Å². The molecule has 0 aliphatic carbocycles. The van der Waals surface area contributed by atoms with E-state index in [9.17, 15) is 19.1 Å². The van der Waals surface area contributed by atoms with Crippen molar-refractivity contribution >= 4 is 17.5 Å². The highest BCUT2D eigenvalue weighted by atomic mass is 19.1. The molecule has 0 radical (unpaired) electrons. The molecular formula is C22H19FN2O3. The second-order valence-electron chi connectivity index (χ2n) is 6.37. The van der Waals surface area contributed by atoms with Crippen LogP contribution >= 0.6 is 0 Å². The first-order valence-electron chi connectivity index (χ1n) is 8.63. The maximum absolute atomic E-state index is 13.0. The first kappa shape index (κ1) is 19.1. The highest BCUT2D eigenvalue weighted by Gasteiger charge is 2.14. The molecule has 142 valence electrons. The molecule has 2 N–H and O–H groups in total. The van der Waals surface area contributed by atoms with Crippen LogP contribution in [0.3, 0.4) is 0 Å². The van der Waals surface area contributed by atoms with Gasteiger partial charge in [-0.3, -0.25) is 9.59 Å². The average molecular weight is 378 g/mol. The number of aromatic hydroxyl groups is 1. The molecule has 0 unspecified atom stereocenters. The van der Waals surface area contributed by atoms with E-state index < -0.39 is 11.7 Å². The van der Waals surface area contributed by atoms with E-state index in [0.717, 1.165) is 5.56 Å². The van der Waals surface area contributed by atoms with Crippen molar-refractivity contribution in [1.82, 2.24) is 4.90 Å². The van der Waals surface area contributed by atoms with E-state index in [1.807, 2.05) is 6.07 Å². The standard InChI is InChI=1S/C22H19FN2O3/c1-25(14-15-4-2-7-20(26)12-15)22(28)17-5-3-6-19(13-17)24-21(27)16-8-10-18(23)11-9-16/h2-13,26H,14H2,1H3,(H,24,27). The van der Waals surface area contributed by atoms with Gasteiger partial charge in [0.05, 0.1) is 0 Å². The molecule has 3 aromatic carbocycles. The Balaban J connectivity index is 1.70. The van der Waals surface area contributed by atoms with Gasteiger partial charge < -0.3 is 15.3 Å². The minimum absolute atomic E-state index is 0.142. The summed E-state index contributed by atoms with van der Waals surface area (Å²) in [6.45, 7) is 0.333. The molecule has 3 aromatic rings. The number of hydrogen-bond donors (Lipinski definition) is 2. The number of nitrogens with one attached hydrogen (secondary N) is 1. The van der Waals surface area contributed by atoms with Gasteiger partial charge in [0.15, 0.2) is 0 Å². The van der Waals surface area contributed by atoms with Crippen molar-refractivity contribution < 1.29 is 19.1 Å². The Hall–Kier alpha value is -3.67. The van der Waals surface area contributed by atoms with Crippen LogP contribution in [-0.4, -0.2) is 28.9 Å².